The Kier molecular flexibility index (Phi) is 4.33. The first-order valence-corrected chi connectivity index (χ1v) is 8.21. The van der Waals surface area contributed by atoms with Crippen LogP contribution in [-0.4, -0.2) is 20.4 Å². The molecule has 2 heterocycles. The van der Waals surface area contributed by atoms with Crippen LogP contribution in [0.1, 0.15) is 15.9 Å². The minimum atomic E-state index is -0.687. The molecule has 0 atom stereocenters. The van der Waals surface area contributed by atoms with Gasteiger partial charge in [0.2, 0.25) is 0 Å². The molecule has 4 rings (SSSR count). The van der Waals surface area contributed by atoms with Crippen molar-refractivity contribution in [1.82, 2.24) is 19.9 Å². The van der Waals surface area contributed by atoms with E-state index in [4.69, 9.17) is 0 Å². The van der Waals surface area contributed by atoms with Crippen LogP contribution in [0.3, 0.4) is 0 Å². The van der Waals surface area contributed by atoms with Crippen LogP contribution >= 0.6 is 0 Å². The van der Waals surface area contributed by atoms with Crippen molar-refractivity contribution in [2.45, 2.75) is 6.54 Å². The van der Waals surface area contributed by atoms with Gasteiger partial charge >= 0.3 is 0 Å². The van der Waals surface area contributed by atoms with Crippen molar-refractivity contribution in [2.75, 3.05) is 0 Å². The lowest BCUT2D eigenvalue weighted by atomic mass is 10.1. The molecule has 2 aromatic carbocycles. The minimum absolute atomic E-state index is 0.188. The van der Waals surface area contributed by atoms with E-state index in [9.17, 15) is 13.6 Å². The third kappa shape index (κ3) is 3.39. The average Bonchev–Trinajstić information content (AvgIpc) is 3.10. The number of amides is 1. The first kappa shape index (κ1) is 16.8. The first-order valence-electron chi connectivity index (χ1n) is 8.21. The Morgan fingerprint density at radius 1 is 1.11 bits per heavy atom. The highest BCUT2D eigenvalue weighted by Crippen LogP contribution is 2.22. The summed E-state index contributed by atoms with van der Waals surface area (Å²) in [5.74, 6) is -1.58. The fraction of sp³-hybridized carbons (Fsp3) is 0.0500. The van der Waals surface area contributed by atoms with Gasteiger partial charge in [-0.25, -0.2) is 13.8 Å². The molecular weight excluding hydrogens is 350 g/mol. The molecule has 27 heavy (non-hydrogen) atoms. The molecule has 5 nitrogen and oxygen atoms in total. The van der Waals surface area contributed by atoms with E-state index in [1.807, 2.05) is 6.07 Å². The number of pyridine rings is 1. The number of hydrogen-bond donors (Lipinski definition) is 1. The van der Waals surface area contributed by atoms with Crippen LogP contribution < -0.4 is 5.32 Å². The monoisotopic (exact) mass is 364 g/mol. The van der Waals surface area contributed by atoms with Crippen LogP contribution in [0.25, 0.3) is 16.7 Å². The fourth-order valence-corrected chi connectivity index (χ4v) is 2.81. The number of nitrogens with zero attached hydrogens (tertiary/aromatic N) is 3. The van der Waals surface area contributed by atoms with Gasteiger partial charge in [0.05, 0.1) is 16.7 Å². The quantitative estimate of drug-likeness (QED) is 0.602. The summed E-state index contributed by atoms with van der Waals surface area (Å²) in [6.07, 6.45) is 4.79. The largest absolute Gasteiger partial charge is 0.348 e. The Labute approximate surface area is 153 Å². The second kappa shape index (κ2) is 6.95. The molecule has 0 unspecified atom stereocenters. The molecule has 1 N–H and O–H groups in total. The van der Waals surface area contributed by atoms with Gasteiger partial charge in [0.1, 0.15) is 18.0 Å². The van der Waals surface area contributed by atoms with Gasteiger partial charge in [-0.15, -0.1) is 0 Å². The van der Waals surface area contributed by atoms with Crippen LogP contribution in [0.4, 0.5) is 8.78 Å². The van der Waals surface area contributed by atoms with Crippen LogP contribution in [0.15, 0.2) is 67.3 Å². The number of rotatable bonds is 4. The number of carbonyl (C=O) groups is 1. The summed E-state index contributed by atoms with van der Waals surface area (Å²) in [4.78, 5) is 20.6. The second-order valence-electron chi connectivity index (χ2n) is 5.96. The SMILES string of the molecule is O=C(NCc1cccnc1)c1ccc2c(c1)ncn2-c1ccc(F)cc1F. The Morgan fingerprint density at radius 3 is 2.78 bits per heavy atom. The standard InChI is InChI=1S/C20H14F2N4O/c21-15-4-6-18(16(22)9-15)26-12-25-17-8-14(3-5-19(17)26)20(27)24-11-13-2-1-7-23-10-13/h1-10,12H,11H2,(H,24,27). The Balaban J connectivity index is 1.59. The zero-order valence-electron chi connectivity index (χ0n) is 14.1. The van der Waals surface area contributed by atoms with Gasteiger partial charge in [0.25, 0.3) is 5.91 Å². The van der Waals surface area contributed by atoms with Gasteiger partial charge in [0, 0.05) is 30.6 Å². The van der Waals surface area contributed by atoms with E-state index in [0.29, 0.717) is 23.1 Å². The van der Waals surface area contributed by atoms with Gasteiger partial charge in [0.15, 0.2) is 0 Å². The molecule has 0 saturated heterocycles. The summed E-state index contributed by atoms with van der Waals surface area (Å²) in [6, 6.07) is 12.0. The summed E-state index contributed by atoms with van der Waals surface area (Å²) < 4.78 is 28.7. The number of fused-ring (bicyclic) bond motifs is 1. The number of carbonyl (C=O) groups excluding carboxylic acids is 1. The Bertz CT molecular complexity index is 1130. The van der Waals surface area contributed by atoms with Gasteiger partial charge in [-0.3, -0.25) is 14.3 Å². The predicted octanol–water partition coefficient (Wildman–Crippen LogP) is 3.63. The zero-order chi connectivity index (χ0) is 18.8. The van der Waals surface area contributed by atoms with Gasteiger partial charge in [-0.05, 0) is 42.0 Å². The van der Waals surface area contributed by atoms with Crippen LogP contribution in [0, 0.1) is 11.6 Å². The molecule has 0 aliphatic heterocycles. The van der Waals surface area contributed by atoms with Crippen LogP contribution in [-0.2, 0) is 6.54 Å². The van der Waals surface area contributed by atoms with Crippen molar-refractivity contribution in [2.24, 2.45) is 0 Å². The maximum atomic E-state index is 14.1. The molecule has 134 valence electrons. The van der Waals surface area contributed by atoms with Gasteiger partial charge in [-0.2, -0.15) is 0 Å². The number of imidazole rings is 1. The molecule has 4 aromatic rings. The molecule has 0 saturated carbocycles. The highest BCUT2D eigenvalue weighted by molar-refractivity contribution is 5.97. The maximum absolute atomic E-state index is 14.1. The van der Waals surface area contributed by atoms with Crippen molar-refractivity contribution in [3.05, 3.63) is 90.0 Å². The van der Waals surface area contributed by atoms with E-state index in [1.165, 1.54) is 23.0 Å². The van der Waals surface area contributed by atoms with E-state index in [0.717, 1.165) is 11.6 Å². The number of aromatic nitrogens is 3. The highest BCUT2D eigenvalue weighted by Gasteiger charge is 2.12. The van der Waals surface area contributed by atoms with E-state index in [-0.39, 0.29) is 11.6 Å². The number of hydrogen-bond acceptors (Lipinski definition) is 3. The normalized spacial score (nSPS) is 10.9. The van der Waals surface area contributed by atoms with Gasteiger partial charge < -0.3 is 5.32 Å². The molecule has 7 heteroatoms. The van der Waals surface area contributed by atoms with E-state index in [1.54, 1.807) is 36.7 Å². The van der Waals surface area contributed by atoms with Crippen molar-refractivity contribution >= 4 is 16.9 Å². The smallest absolute Gasteiger partial charge is 0.251 e. The van der Waals surface area contributed by atoms with Gasteiger partial charge in [-0.1, -0.05) is 6.07 Å². The molecule has 0 bridgehead atoms. The topological polar surface area (TPSA) is 59.8 Å². The third-order valence-electron chi connectivity index (χ3n) is 4.15. The summed E-state index contributed by atoms with van der Waals surface area (Å²) in [5.41, 5.74) is 2.67. The summed E-state index contributed by atoms with van der Waals surface area (Å²) in [6.45, 7) is 0.361. The van der Waals surface area contributed by atoms with Crippen LogP contribution in [0.2, 0.25) is 0 Å². The lowest BCUT2D eigenvalue weighted by Crippen LogP contribution is -2.22. The fourth-order valence-electron chi connectivity index (χ4n) is 2.81. The summed E-state index contributed by atoms with van der Waals surface area (Å²) >= 11 is 0. The molecule has 0 fully saturated rings. The molecule has 2 aromatic heterocycles. The molecular formula is C20H14F2N4O. The van der Waals surface area contributed by atoms with Crippen molar-refractivity contribution < 1.29 is 13.6 Å². The first-order chi connectivity index (χ1) is 13.1. The summed E-state index contributed by atoms with van der Waals surface area (Å²) in [5, 5.41) is 2.82. The molecule has 0 aliphatic rings. The molecule has 0 aliphatic carbocycles. The highest BCUT2D eigenvalue weighted by atomic mass is 19.1. The van der Waals surface area contributed by atoms with Crippen LogP contribution in [0.5, 0.6) is 0 Å². The number of nitrogens with one attached hydrogen (secondary N) is 1. The third-order valence-corrected chi connectivity index (χ3v) is 4.15. The number of benzene rings is 2. The molecule has 1 amide bonds. The predicted molar refractivity (Wildman–Crippen MR) is 96.4 cm³/mol. The van der Waals surface area contributed by atoms with Crippen molar-refractivity contribution in [3.8, 4) is 5.69 Å². The lowest BCUT2D eigenvalue weighted by molar-refractivity contribution is 0.0951. The van der Waals surface area contributed by atoms with E-state index in [2.05, 4.69) is 15.3 Å². The second-order valence-corrected chi connectivity index (χ2v) is 5.96. The zero-order valence-corrected chi connectivity index (χ0v) is 14.1. The lowest BCUT2D eigenvalue weighted by Gasteiger charge is -2.07. The Morgan fingerprint density at radius 2 is 2.00 bits per heavy atom. The minimum Gasteiger partial charge on any atom is -0.348 e. The average molecular weight is 364 g/mol. The van der Waals surface area contributed by atoms with Crippen molar-refractivity contribution in [3.63, 3.8) is 0 Å². The maximum Gasteiger partial charge on any atom is 0.251 e. The van der Waals surface area contributed by atoms with E-state index >= 15 is 0 Å². The summed E-state index contributed by atoms with van der Waals surface area (Å²) in [7, 11) is 0. The molecule has 0 radical (unpaired) electrons. The number of halogens is 2. The van der Waals surface area contributed by atoms with Crippen molar-refractivity contribution in [1.29, 1.82) is 0 Å². The Hall–Kier alpha value is -3.61. The molecule has 0 spiro atoms. The van der Waals surface area contributed by atoms with E-state index < -0.39 is 11.6 Å².